The van der Waals surface area contributed by atoms with Crippen LogP contribution in [0.15, 0.2) is 60.7 Å². The van der Waals surface area contributed by atoms with Gasteiger partial charge < -0.3 is 19.1 Å². The molecule has 2 aromatic carbocycles. The molecule has 1 aliphatic carbocycles. The zero-order valence-corrected chi connectivity index (χ0v) is 18.5. The minimum absolute atomic E-state index is 0.216. The molecule has 2 aliphatic heterocycles. The van der Waals surface area contributed by atoms with Crippen molar-refractivity contribution in [2.24, 2.45) is 0 Å². The maximum atomic E-state index is 13.3. The molecule has 3 heterocycles. The van der Waals surface area contributed by atoms with E-state index in [1.807, 2.05) is 36.4 Å². The van der Waals surface area contributed by atoms with E-state index >= 15 is 0 Å². The molecule has 6 nitrogen and oxygen atoms in total. The van der Waals surface area contributed by atoms with E-state index in [2.05, 4.69) is 29.2 Å². The summed E-state index contributed by atoms with van der Waals surface area (Å²) in [7, 11) is 0. The molecule has 0 atom stereocenters. The number of hydrogen-bond acceptors (Lipinski definition) is 6. The Kier molecular flexibility index (Phi) is 5.03. The van der Waals surface area contributed by atoms with E-state index in [-0.39, 0.29) is 12.6 Å². The number of carbonyl (C=O) groups is 1. The topological polar surface area (TPSA) is 60.9 Å². The maximum absolute atomic E-state index is 13.3. The third-order valence-electron chi connectivity index (χ3n) is 6.90. The molecular formula is C27H26N2O4. The summed E-state index contributed by atoms with van der Waals surface area (Å²) in [5.41, 5.74) is 4.56. The first-order valence-corrected chi connectivity index (χ1v) is 11.5. The second-order valence-corrected chi connectivity index (χ2v) is 8.91. The van der Waals surface area contributed by atoms with Crippen molar-refractivity contribution in [3.05, 3.63) is 71.9 Å². The molecule has 1 saturated carbocycles. The molecule has 0 spiro atoms. The van der Waals surface area contributed by atoms with Gasteiger partial charge in [-0.25, -0.2) is 0 Å². The summed E-state index contributed by atoms with van der Waals surface area (Å²) < 4.78 is 16.4. The number of aromatic nitrogens is 1. The Morgan fingerprint density at radius 2 is 1.73 bits per heavy atom. The highest BCUT2D eigenvalue weighted by Gasteiger charge is 2.51. The number of hydrogen-bond donors (Lipinski definition) is 0. The molecule has 0 unspecified atom stereocenters. The van der Waals surface area contributed by atoms with E-state index in [1.54, 1.807) is 0 Å². The smallest absolute Gasteiger partial charge is 0.231 e. The number of rotatable bonds is 6. The van der Waals surface area contributed by atoms with Crippen LogP contribution >= 0.6 is 0 Å². The molecule has 0 radical (unpaired) electrons. The van der Waals surface area contributed by atoms with Gasteiger partial charge in [-0.1, -0.05) is 24.3 Å². The van der Waals surface area contributed by atoms with Gasteiger partial charge in [-0.3, -0.25) is 9.78 Å². The average molecular weight is 443 g/mol. The van der Waals surface area contributed by atoms with E-state index in [4.69, 9.17) is 19.2 Å². The van der Waals surface area contributed by atoms with Crippen LogP contribution in [0.4, 0.5) is 5.69 Å². The third kappa shape index (κ3) is 3.85. The molecular weight excluding hydrogens is 416 g/mol. The molecule has 0 amide bonds. The second-order valence-electron chi connectivity index (χ2n) is 8.91. The molecule has 1 aromatic heterocycles. The molecule has 2 fully saturated rings. The Bertz CT molecular complexity index is 1180. The summed E-state index contributed by atoms with van der Waals surface area (Å²) in [5, 5.41) is 0. The Hall–Kier alpha value is -3.38. The molecule has 0 bridgehead atoms. The van der Waals surface area contributed by atoms with Gasteiger partial charge in [-0.05, 0) is 54.8 Å². The standard InChI is InChI=1S/C27H26N2O4/c30-26(27(10-11-27)20-6-9-24-25(16-20)33-18-32-24)17-21-2-1-3-23(28-21)19-4-7-22(8-5-19)29-12-14-31-15-13-29/h1-9,16H,10-15,17-18H2. The summed E-state index contributed by atoms with van der Waals surface area (Å²) in [5.74, 6) is 1.69. The van der Waals surface area contributed by atoms with Crippen LogP contribution in [0.5, 0.6) is 11.5 Å². The first-order valence-electron chi connectivity index (χ1n) is 11.5. The molecule has 33 heavy (non-hydrogen) atoms. The zero-order chi connectivity index (χ0) is 22.3. The summed E-state index contributed by atoms with van der Waals surface area (Å²) in [4.78, 5) is 20.5. The van der Waals surface area contributed by atoms with E-state index in [1.165, 1.54) is 5.69 Å². The fraction of sp³-hybridized carbons (Fsp3) is 0.333. The number of nitrogens with zero attached hydrogens (tertiary/aromatic N) is 2. The number of ketones is 1. The lowest BCUT2D eigenvalue weighted by Gasteiger charge is -2.28. The predicted molar refractivity (Wildman–Crippen MR) is 125 cm³/mol. The quantitative estimate of drug-likeness (QED) is 0.571. The van der Waals surface area contributed by atoms with Crippen molar-refractivity contribution in [3.8, 4) is 22.8 Å². The van der Waals surface area contributed by atoms with Crippen LogP contribution in [0.2, 0.25) is 0 Å². The monoisotopic (exact) mass is 442 g/mol. The van der Waals surface area contributed by atoms with Crippen molar-refractivity contribution < 1.29 is 19.0 Å². The van der Waals surface area contributed by atoms with Gasteiger partial charge in [-0.2, -0.15) is 0 Å². The number of Topliss-reactive ketones (excluding diaryl/α,β-unsaturated/α-hetero) is 1. The van der Waals surface area contributed by atoms with Gasteiger partial charge in [0.15, 0.2) is 11.5 Å². The summed E-state index contributed by atoms with van der Waals surface area (Å²) in [6, 6.07) is 20.3. The van der Waals surface area contributed by atoms with Gasteiger partial charge in [0.1, 0.15) is 5.78 Å². The number of ether oxygens (including phenoxy) is 3. The number of morpholine rings is 1. The zero-order valence-electron chi connectivity index (χ0n) is 18.5. The van der Waals surface area contributed by atoms with Crippen LogP contribution in [0.3, 0.4) is 0 Å². The fourth-order valence-electron chi connectivity index (χ4n) is 4.78. The number of carbonyl (C=O) groups excluding carboxylic acids is 1. The number of fused-ring (bicyclic) bond motifs is 1. The Labute approximate surface area is 193 Å². The van der Waals surface area contributed by atoms with Crippen LogP contribution in [0.25, 0.3) is 11.3 Å². The van der Waals surface area contributed by atoms with Crippen molar-refractivity contribution in [1.82, 2.24) is 4.98 Å². The van der Waals surface area contributed by atoms with Crippen LogP contribution in [0.1, 0.15) is 24.1 Å². The summed E-state index contributed by atoms with van der Waals surface area (Å²) in [6.45, 7) is 3.62. The van der Waals surface area contributed by atoms with Gasteiger partial charge in [0.25, 0.3) is 0 Å². The molecule has 6 rings (SSSR count). The van der Waals surface area contributed by atoms with Gasteiger partial charge in [0.05, 0.1) is 24.3 Å². The maximum Gasteiger partial charge on any atom is 0.231 e. The second kappa shape index (κ2) is 8.19. The lowest BCUT2D eigenvalue weighted by atomic mass is 9.88. The predicted octanol–water partition coefficient (Wildman–Crippen LogP) is 4.16. The summed E-state index contributed by atoms with van der Waals surface area (Å²) in [6.07, 6.45) is 2.07. The minimum Gasteiger partial charge on any atom is -0.454 e. The summed E-state index contributed by atoms with van der Waals surface area (Å²) >= 11 is 0. The number of benzene rings is 2. The van der Waals surface area contributed by atoms with Gasteiger partial charge in [0, 0.05) is 36.5 Å². The molecule has 0 N–H and O–H groups in total. The third-order valence-corrected chi connectivity index (χ3v) is 6.90. The molecule has 1 saturated heterocycles. The molecule has 3 aliphatic rings. The molecule has 6 heteroatoms. The molecule has 3 aromatic rings. The van der Waals surface area contributed by atoms with Gasteiger partial charge in [-0.15, -0.1) is 0 Å². The SMILES string of the molecule is O=C(Cc1cccc(-c2ccc(N3CCOCC3)cc2)n1)C1(c2ccc3c(c2)OCO3)CC1. The highest BCUT2D eigenvalue weighted by molar-refractivity contribution is 5.94. The minimum atomic E-state index is -0.418. The van der Waals surface area contributed by atoms with Crippen molar-refractivity contribution in [3.63, 3.8) is 0 Å². The van der Waals surface area contributed by atoms with Crippen LogP contribution in [-0.4, -0.2) is 43.9 Å². The van der Waals surface area contributed by atoms with E-state index in [9.17, 15) is 4.79 Å². The largest absolute Gasteiger partial charge is 0.454 e. The van der Waals surface area contributed by atoms with Crippen LogP contribution in [-0.2, 0) is 21.4 Å². The van der Waals surface area contributed by atoms with E-state index < -0.39 is 5.41 Å². The first kappa shape index (κ1) is 20.2. The van der Waals surface area contributed by atoms with Gasteiger partial charge in [0.2, 0.25) is 6.79 Å². The number of anilines is 1. The van der Waals surface area contributed by atoms with Crippen molar-refractivity contribution in [1.29, 1.82) is 0 Å². The Balaban J connectivity index is 1.18. The van der Waals surface area contributed by atoms with Crippen molar-refractivity contribution in [2.45, 2.75) is 24.7 Å². The van der Waals surface area contributed by atoms with Crippen molar-refractivity contribution >= 4 is 11.5 Å². The highest BCUT2D eigenvalue weighted by atomic mass is 16.7. The normalized spacial score (nSPS) is 18.2. The Morgan fingerprint density at radius 3 is 2.52 bits per heavy atom. The van der Waals surface area contributed by atoms with Gasteiger partial charge >= 0.3 is 0 Å². The average Bonchev–Trinajstić information content (AvgIpc) is 3.56. The fourth-order valence-corrected chi connectivity index (χ4v) is 4.78. The Morgan fingerprint density at radius 1 is 0.939 bits per heavy atom. The van der Waals surface area contributed by atoms with Crippen LogP contribution in [0, 0.1) is 0 Å². The highest BCUT2D eigenvalue weighted by Crippen LogP contribution is 2.51. The first-order chi connectivity index (χ1) is 16.2. The molecule has 168 valence electrons. The van der Waals surface area contributed by atoms with E-state index in [0.29, 0.717) is 6.42 Å². The number of pyridine rings is 1. The van der Waals surface area contributed by atoms with E-state index in [0.717, 1.165) is 73.2 Å². The lowest BCUT2D eigenvalue weighted by molar-refractivity contribution is -0.120. The van der Waals surface area contributed by atoms with Crippen molar-refractivity contribution in [2.75, 3.05) is 38.0 Å². The lowest BCUT2D eigenvalue weighted by Crippen LogP contribution is -2.36. The van der Waals surface area contributed by atoms with Crippen LogP contribution < -0.4 is 14.4 Å².